The van der Waals surface area contributed by atoms with Gasteiger partial charge in [-0.3, -0.25) is 0 Å². The normalized spacial score (nSPS) is 20.4. The first-order valence-electron chi connectivity index (χ1n) is 13.7. The van der Waals surface area contributed by atoms with E-state index in [0.29, 0.717) is 7.92 Å². The SMILES string of the molecule is C1CCC(P(C2CCCCC2)C2CCCCC2)CC1.[CH3-].[Ni+2].c1ccc2c(c1)[cH-]c1ccccc12. The summed E-state index contributed by atoms with van der Waals surface area (Å²) in [4.78, 5) is 0. The summed E-state index contributed by atoms with van der Waals surface area (Å²) in [6.45, 7) is 0. The van der Waals surface area contributed by atoms with Crippen LogP contribution in [0.15, 0.2) is 54.6 Å². The maximum Gasteiger partial charge on any atom is 2.00 e. The quantitative estimate of drug-likeness (QED) is 0.183. The van der Waals surface area contributed by atoms with E-state index in [4.69, 9.17) is 0 Å². The van der Waals surface area contributed by atoms with Gasteiger partial charge < -0.3 is 7.43 Å². The van der Waals surface area contributed by atoms with Gasteiger partial charge in [-0.1, -0.05) is 102 Å². The molecule has 0 amide bonds. The van der Waals surface area contributed by atoms with Crippen LogP contribution in [0.4, 0.5) is 0 Å². The fraction of sp³-hybridized carbons (Fsp3) is 0.562. The van der Waals surface area contributed by atoms with Crippen LogP contribution >= 0.6 is 7.92 Å². The minimum atomic E-state index is 0. The summed E-state index contributed by atoms with van der Waals surface area (Å²) in [7, 11) is 0.385. The van der Waals surface area contributed by atoms with Crippen molar-refractivity contribution in [3.63, 3.8) is 0 Å². The van der Waals surface area contributed by atoms with Crippen molar-refractivity contribution in [2.24, 2.45) is 0 Å². The smallest absolute Gasteiger partial charge is 0.358 e. The Morgan fingerprint density at radius 1 is 0.500 bits per heavy atom. The molecule has 0 atom stereocenters. The molecule has 0 aromatic heterocycles. The monoisotopic (exact) mass is 518 g/mol. The van der Waals surface area contributed by atoms with Crippen molar-refractivity contribution in [1.29, 1.82) is 0 Å². The van der Waals surface area contributed by atoms with E-state index < -0.39 is 0 Å². The van der Waals surface area contributed by atoms with E-state index >= 15 is 0 Å². The zero-order chi connectivity index (χ0) is 21.6. The predicted molar refractivity (Wildman–Crippen MR) is 151 cm³/mol. The molecule has 2 heteroatoms. The fourth-order valence-corrected chi connectivity index (χ4v) is 11.6. The van der Waals surface area contributed by atoms with E-state index in [-0.39, 0.29) is 23.9 Å². The predicted octanol–water partition coefficient (Wildman–Crippen LogP) is 10.6. The van der Waals surface area contributed by atoms with Gasteiger partial charge in [0.25, 0.3) is 0 Å². The molecule has 0 saturated heterocycles. The average molecular weight is 519 g/mol. The second kappa shape index (κ2) is 14.1. The zero-order valence-corrected chi connectivity index (χ0v) is 23.2. The van der Waals surface area contributed by atoms with Crippen molar-refractivity contribution < 1.29 is 16.5 Å². The molecular weight excluding hydrogens is 474 g/mol. The van der Waals surface area contributed by atoms with Gasteiger partial charge >= 0.3 is 16.5 Å². The van der Waals surface area contributed by atoms with Crippen LogP contribution in [0.3, 0.4) is 0 Å². The summed E-state index contributed by atoms with van der Waals surface area (Å²) in [6, 6.07) is 19.3. The van der Waals surface area contributed by atoms with Crippen molar-refractivity contribution in [1.82, 2.24) is 0 Å². The summed E-state index contributed by atoms with van der Waals surface area (Å²) >= 11 is 0. The molecular formula is C32H45NiP. The van der Waals surface area contributed by atoms with Crippen LogP contribution in [0.1, 0.15) is 96.3 Å². The molecule has 3 fully saturated rings. The van der Waals surface area contributed by atoms with Gasteiger partial charge in [-0.25, -0.2) is 0 Å². The van der Waals surface area contributed by atoms with Gasteiger partial charge in [0.2, 0.25) is 0 Å². The Bertz CT molecular complexity index is 864. The maximum atomic E-state index is 2.24. The molecule has 0 bridgehead atoms. The van der Waals surface area contributed by atoms with Crippen LogP contribution in [0.5, 0.6) is 0 Å². The van der Waals surface area contributed by atoms with E-state index in [0.717, 1.165) is 0 Å². The van der Waals surface area contributed by atoms with E-state index in [1.165, 1.54) is 57.8 Å². The Balaban J connectivity index is 0.000000190. The molecule has 188 valence electrons. The first-order valence-corrected chi connectivity index (χ1v) is 15.3. The minimum Gasteiger partial charge on any atom is -0.358 e. The largest absolute Gasteiger partial charge is 2.00 e. The van der Waals surface area contributed by atoms with E-state index in [9.17, 15) is 0 Å². The third-order valence-electron chi connectivity index (χ3n) is 8.51. The number of fused-ring (bicyclic) bond motifs is 3. The third-order valence-corrected chi connectivity index (χ3v) is 12.6. The van der Waals surface area contributed by atoms with Gasteiger partial charge in [-0.15, -0.1) is 39.7 Å². The molecule has 0 unspecified atom stereocenters. The van der Waals surface area contributed by atoms with Crippen molar-refractivity contribution in [3.8, 4) is 0 Å². The van der Waals surface area contributed by atoms with E-state index in [1.54, 1.807) is 77.0 Å². The molecule has 6 rings (SSSR count). The van der Waals surface area contributed by atoms with Crippen LogP contribution < -0.4 is 0 Å². The van der Waals surface area contributed by atoms with Crippen molar-refractivity contribution in [3.05, 3.63) is 62.0 Å². The van der Waals surface area contributed by atoms with Crippen LogP contribution in [0.2, 0.25) is 0 Å². The third kappa shape index (κ3) is 6.71. The molecule has 0 radical (unpaired) electrons. The second-order valence-corrected chi connectivity index (χ2v) is 13.7. The molecule has 0 aliphatic heterocycles. The van der Waals surface area contributed by atoms with Crippen LogP contribution in [0, 0.1) is 7.43 Å². The molecule has 0 spiro atoms. The summed E-state index contributed by atoms with van der Waals surface area (Å²) in [5.74, 6) is 0. The zero-order valence-electron chi connectivity index (χ0n) is 21.3. The molecule has 3 saturated carbocycles. The van der Waals surface area contributed by atoms with E-state index in [1.807, 2.05) is 0 Å². The summed E-state index contributed by atoms with van der Waals surface area (Å²) in [6.07, 6.45) is 23.6. The molecule has 0 nitrogen and oxygen atoms in total. The van der Waals surface area contributed by atoms with E-state index in [2.05, 4.69) is 54.6 Å². The Hall–Kier alpha value is -0.766. The summed E-state index contributed by atoms with van der Waals surface area (Å²) in [5, 5.41) is 5.39. The van der Waals surface area contributed by atoms with Gasteiger partial charge in [0.05, 0.1) is 0 Å². The summed E-state index contributed by atoms with van der Waals surface area (Å²) in [5.41, 5.74) is 3.57. The Morgan fingerprint density at radius 2 is 0.824 bits per heavy atom. The Labute approximate surface area is 220 Å². The van der Waals surface area contributed by atoms with Crippen LogP contribution in [0.25, 0.3) is 21.5 Å². The maximum absolute atomic E-state index is 2.24. The van der Waals surface area contributed by atoms with Gasteiger partial charge in [-0.05, 0) is 55.5 Å². The van der Waals surface area contributed by atoms with Gasteiger partial charge in [0, 0.05) is 0 Å². The Kier molecular flexibility index (Phi) is 11.5. The average Bonchev–Trinajstić information content (AvgIpc) is 3.26. The molecule has 3 aromatic carbocycles. The van der Waals surface area contributed by atoms with Crippen molar-refractivity contribution >= 4 is 29.5 Å². The molecule has 0 N–H and O–H groups in total. The number of rotatable bonds is 3. The standard InChI is InChI=1S/C18H33P.C13H9.CH3.Ni/c1-4-10-16(11-5-1)19(17-12-6-2-7-13-17)18-14-8-3-9-15-18;1-3-7-12-10(5-1)9-11-6-2-4-8-13(11)12;;/h16-18H,1-15H2;1-9H;1H3;/q;2*-1;+2. The minimum absolute atomic E-state index is 0. The number of hydrogen-bond donors (Lipinski definition) is 0. The first kappa shape index (κ1) is 27.8. The molecule has 3 aliphatic carbocycles. The van der Waals surface area contributed by atoms with Crippen LogP contribution in [-0.2, 0) is 16.5 Å². The van der Waals surface area contributed by atoms with Crippen molar-refractivity contribution in [2.45, 2.75) is 113 Å². The fourth-order valence-electron chi connectivity index (χ4n) is 6.94. The molecule has 34 heavy (non-hydrogen) atoms. The second-order valence-electron chi connectivity index (χ2n) is 10.6. The molecule has 3 aliphatic rings. The van der Waals surface area contributed by atoms with Crippen LogP contribution in [-0.4, -0.2) is 17.0 Å². The van der Waals surface area contributed by atoms with Gasteiger partial charge in [-0.2, -0.15) is 0 Å². The number of hydrogen-bond acceptors (Lipinski definition) is 0. The van der Waals surface area contributed by atoms with Gasteiger partial charge in [0.1, 0.15) is 0 Å². The molecule has 3 aromatic rings. The topological polar surface area (TPSA) is 0 Å². The number of benzene rings is 2. The molecule has 0 heterocycles. The van der Waals surface area contributed by atoms with Crippen molar-refractivity contribution in [2.75, 3.05) is 0 Å². The van der Waals surface area contributed by atoms with Gasteiger partial charge in [0.15, 0.2) is 0 Å². The first-order chi connectivity index (χ1) is 15.9. The Morgan fingerprint density at radius 3 is 1.18 bits per heavy atom. The summed E-state index contributed by atoms with van der Waals surface area (Å²) < 4.78 is 0.